The molecule has 0 saturated heterocycles. The molecule has 1 unspecified atom stereocenters. The number of hydrogen-bond donors (Lipinski definition) is 1. The molecule has 0 aromatic rings. The molecule has 176 valence electrons. The number of rotatable bonds is 6. The molecular formula is C24H40ClN3O3. The van der Waals surface area contributed by atoms with Gasteiger partial charge in [0.05, 0.1) is 11.4 Å². The minimum Gasteiger partial charge on any atom is -0.399 e. The largest absolute Gasteiger partial charge is 0.399 e. The van der Waals surface area contributed by atoms with Crippen LogP contribution < -0.4 is 5.32 Å². The summed E-state index contributed by atoms with van der Waals surface area (Å²) in [6.45, 7) is 6.32. The first-order valence-corrected chi connectivity index (χ1v) is 11.9. The molecule has 6 nitrogen and oxygen atoms in total. The van der Waals surface area contributed by atoms with E-state index in [0.29, 0.717) is 36.1 Å². The van der Waals surface area contributed by atoms with Gasteiger partial charge in [0.25, 0.3) is 0 Å². The lowest BCUT2D eigenvalue weighted by Gasteiger charge is -2.59. The van der Waals surface area contributed by atoms with Crippen LogP contribution in [0.4, 0.5) is 0 Å². The molecule has 4 aliphatic carbocycles. The van der Waals surface area contributed by atoms with E-state index in [1.807, 2.05) is 7.05 Å². The van der Waals surface area contributed by atoms with Gasteiger partial charge < -0.3 is 15.0 Å². The van der Waals surface area contributed by atoms with Crippen LogP contribution in [0, 0.1) is 34.5 Å². The van der Waals surface area contributed by atoms with E-state index < -0.39 is 0 Å². The Kier molecular flexibility index (Phi) is 7.73. The molecule has 1 N–H and O–H groups in total. The Bertz CT molecular complexity index is 727. The van der Waals surface area contributed by atoms with E-state index in [1.54, 1.807) is 7.11 Å². The molecular weight excluding hydrogens is 414 g/mol. The lowest BCUT2D eigenvalue weighted by Crippen LogP contribution is -2.56. The third kappa shape index (κ3) is 4.27. The van der Waals surface area contributed by atoms with Crippen LogP contribution in [0.3, 0.4) is 0 Å². The topological polar surface area (TPSA) is 72.3 Å². The third-order valence-electron chi connectivity index (χ3n) is 9.09. The van der Waals surface area contributed by atoms with Crippen LogP contribution >= 0.6 is 12.4 Å². The first kappa shape index (κ1) is 24.5. The maximum absolute atomic E-state index is 12.7. The van der Waals surface area contributed by atoms with Gasteiger partial charge in [0.2, 0.25) is 0 Å². The molecule has 4 saturated carbocycles. The predicted molar refractivity (Wildman–Crippen MR) is 126 cm³/mol. The number of nitrogens with zero attached hydrogens (tertiary/aromatic N) is 2. The minimum absolute atomic E-state index is 0. The van der Waals surface area contributed by atoms with Gasteiger partial charge in [-0.25, -0.2) is 0 Å². The van der Waals surface area contributed by atoms with Crippen molar-refractivity contribution in [2.24, 2.45) is 44.8 Å². The summed E-state index contributed by atoms with van der Waals surface area (Å²) in [5.41, 5.74) is 2.46. The number of ketones is 1. The summed E-state index contributed by atoms with van der Waals surface area (Å²) in [6.07, 6.45) is 9.05. The summed E-state index contributed by atoms with van der Waals surface area (Å²) >= 11 is 0. The Morgan fingerprint density at radius 2 is 1.90 bits per heavy atom. The number of hydrogen-bond acceptors (Lipinski definition) is 6. The fraction of sp³-hybridized carbons (Fsp3) is 0.875. The van der Waals surface area contributed by atoms with Gasteiger partial charge >= 0.3 is 0 Å². The fourth-order valence-electron chi connectivity index (χ4n) is 7.40. The highest BCUT2D eigenvalue weighted by atomic mass is 35.5. The van der Waals surface area contributed by atoms with Crippen LogP contribution in [-0.4, -0.2) is 44.5 Å². The molecule has 0 aromatic carbocycles. The molecule has 0 radical (unpaired) electrons. The van der Waals surface area contributed by atoms with Gasteiger partial charge in [-0.1, -0.05) is 24.2 Å². The van der Waals surface area contributed by atoms with Crippen molar-refractivity contribution in [1.82, 2.24) is 5.32 Å². The molecule has 4 aliphatic rings. The van der Waals surface area contributed by atoms with Crippen LogP contribution in [0.1, 0.15) is 71.6 Å². The van der Waals surface area contributed by atoms with E-state index in [9.17, 15) is 4.79 Å². The summed E-state index contributed by atoms with van der Waals surface area (Å²) in [7, 11) is 3.61. The van der Waals surface area contributed by atoms with Crippen molar-refractivity contribution in [2.45, 2.75) is 71.6 Å². The van der Waals surface area contributed by atoms with E-state index in [0.717, 1.165) is 57.9 Å². The van der Waals surface area contributed by atoms with E-state index in [-0.39, 0.29) is 23.2 Å². The van der Waals surface area contributed by atoms with Crippen molar-refractivity contribution in [3.8, 4) is 0 Å². The van der Waals surface area contributed by atoms with Crippen molar-refractivity contribution in [3.63, 3.8) is 0 Å². The summed E-state index contributed by atoms with van der Waals surface area (Å²) in [6, 6.07) is 0. The van der Waals surface area contributed by atoms with E-state index in [1.165, 1.54) is 17.8 Å². The van der Waals surface area contributed by atoms with Crippen LogP contribution in [-0.2, 0) is 14.5 Å². The fourth-order valence-corrected chi connectivity index (χ4v) is 7.40. The van der Waals surface area contributed by atoms with Gasteiger partial charge in [-0.05, 0) is 88.1 Å². The van der Waals surface area contributed by atoms with E-state index in [2.05, 4.69) is 29.5 Å². The second-order valence-corrected chi connectivity index (χ2v) is 10.5. The Morgan fingerprint density at radius 3 is 2.65 bits per heavy atom. The molecule has 0 spiro atoms. The van der Waals surface area contributed by atoms with Gasteiger partial charge in [-0.15, -0.1) is 12.4 Å². The first-order chi connectivity index (χ1) is 14.4. The Labute approximate surface area is 193 Å². The average Bonchev–Trinajstić information content (AvgIpc) is 3.03. The molecule has 0 bridgehead atoms. The molecule has 6 atom stereocenters. The maximum atomic E-state index is 12.7. The predicted octanol–water partition coefficient (Wildman–Crippen LogP) is 4.61. The third-order valence-corrected chi connectivity index (χ3v) is 9.09. The van der Waals surface area contributed by atoms with Gasteiger partial charge in [-0.3, -0.25) is 4.79 Å². The van der Waals surface area contributed by atoms with Gasteiger partial charge in [0.1, 0.15) is 19.5 Å². The van der Waals surface area contributed by atoms with Gasteiger partial charge in [0.15, 0.2) is 0 Å². The zero-order valence-corrected chi connectivity index (χ0v) is 20.4. The monoisotopic (exact) mass is 453 g/mol. The van der Waals surface area contributed by atoms with Crippen molar-refractivity contribution >= 4 is 29.6 Å². The quantitative estimate of drug-likeness (QED) is 0.470. The number of halogens is 1. The van der Waals surface area contributed by atoms with Crippen LogP contribution in [0.15, 0.2) is 10.3 Å². The first-order valence-electron chi connectivity index (χ1n) is 11.9. The standard InChI is InChI=1S/C24H39N3O3.ClH/c1-23-10-8-16(26-30-13-5-12-25-3)14-20(23)21(27-29-4)15-17-18-6-7-22(28)24(18,2)11-9-19(17)23;/h17-20,25H,5-15H2,1-4H3;1H/b26-16?,27-21+;/t17-,18-,19-,20?,23+,24-;/m0./s1. The number of nitrogens with one attached hydrogen (secondary N) is 1. The molecule has 0 aliphatic heterocycles. The Hall–Kier alpha value is -1.14. The number of oxime groups is 2. The smallest absolute Gasteiger partial charge is 0.139 e. The highest BCUT2D eigenvalue weighted by Crippen LogP contribution is 2.64. The average molecular weight is 454 g/mol. The van der Waals surface area contributed by atoms with Crippen LogP contribution in [0.2, 0.25) is 0 Å². The number of carbonyl (C=O) groups is 1. The minimum atomic E-state index is -0.106. The molecule has 31 heavy (non-hydrogen) atoms. The molecule has 0 heterocycles. The van der Waals surface area contributed by atoms with E-state index in [4.69, 9.17) is 9.68 Å². The number of carbonyl (C=O) groups excluding carboxylic acids is 1. The van der Waals surface area contributed by atoms with Crippen LogP contribution in [0.25, 0.3) is 0 Å². The highest BCUT2D eigenvalue weighted by Gasteiger charge is 2.61. The Balaban J connectivity index is 0.00000272. The molecule has 7 heteroatoms. The lowest BCUT2D eigenvalue weighted by atomic mass is 9.45. The second kappa shape index (κ2) is 9.78. The van der Waals surface area contributed by atoms with Gasteiger partial charge in [0, 0.05) is 17.8 Å². The summed E-state index contributed by atoms with van der Waals surface area (Å²) < 4.78 is 0. The summed E-state index contributed by atoms with van der Waals surface area (Å²) in [4.78, 5) is 23.6. The number of fused-ring (bicyclic) bond motifs is 5. The van der Waals surface area contributed by atoms with Gasteiger partial charge in [-0.2, -0.15) is 0 Å². The van der Waals surface area contributed by atoms with Crippen molar-refractivity contribution in [1.29, 1.82) is 0 Å². The second-order valence-electron chi connectivity index (χ2n) is 10.5. The summed E-state index contributed by atoms with van der Waals surface area (Å²) in [5, 5.41) is 12.2. The number of Topliss-reactive ketones (excluding diaryl/α,β-unsaturated/α-hetero) is 1. The van der Waals surface area contributed by atoms with Crippen molar-refractivity contribution < 1.29 is 14.5 Å². The normalized spacial score (nSPS) is 41.9. The SMILES string of the molecule is CNCCCON=C1CC[C@@]2(C)C(C1)/C(=N/OC)C[C@@H]1[C@@H]2CC[C@]2(C)C(=O)CC[C@@H]12.Cl. The zero-order valence-electron chi connectivity index (χ0n) is 19.6. The van der Waals surface area contributed by atoms with Crippen LogP contribution in [0.5, 0.6) is 0 Å². The molecule has 4 fully saturated rings. The lowest BCUT2D eigenvalue weighted by molar-refractivity contribution is -0.133. The molecule has 4 rings (SSSR count). The van der Waals surface area contributed by atoms with Crippen molar-refractivity contribution in [2.75, 3.05) is 27.3 Å². The Morgan fingerprint density at radius 1 is 1.10 bits per heavy atom. The molecule has 0 aromatic heterocycles. The van der Waals surface area contributed by atoms with Crippen molar-refractivity contribution in [3.05, 3.63) is 0 Å². The maximum Gasteiger partial charge on any atom is 0.139 e. The van der Waals surface area contributed by atoms with E-state index >= 15 is 0 Å². The highest BCUT2D eigenvalue weighted by molar-refractivity contribution is 5.96. The molecule has 0 amide bonds. The zero-order chi connectivity index (χ0) is 21.4. The summed E-state index contributed by atoms with van der Waals surface area (Å²) in [5.74, 6) is 2.60.